The fourth-order valence-electron chi connectivity index (χ4n) is 2.94. The van der Waals surface area contributed by atoms with E-state index in [4.69, 9.17) is 0 Å². The van der Waals surface area contributed by atoms with Crippen LogP contribution in [0.4, 0.5) is 11.4 Å². The molecule has 0 spiro atoms. The zero-order chi connectivity index (χ0) is 22.9. The Labute approximate surface area is 184 Å². The standard InChI is InChI=1S/C22H22N6O4/c1-15(18-6-2-3-10-24-18)27-19-8-7-16(13-20(19)28(31)32)21(29)25-11-12-26-22(30)17-5-4-9-23-14-17/h2-10,13-15,27H,11-12H2,1H3,(H,25,29)(H,26,30). The zero-order valence-corrected chi connectivity index (χ0v) is 17.3. The third-order valence-corrected chi connectivity index (χ3v) is 4.58. The highest BCUT2D eigenvalue weighted by Crippen LogP contribution is 2.28. The van der Waals surface area contributed by atoms with Crippen LogP contribution in [-0.4, -0.2) is 39.8 Å². The first kappa shape index (κ1) is 22.3. The second-order valence-electron chi connectivity index (χ2n) is 6.86. The van der Waals surface area contributed by atoms with Gasteiger partial charge in [0.1, 0.15) is 5.69 Å². The van der Waals surface area contributed by atoms with Gasteiger partial charge in [0.15, 0.2) is 0 Å². The number of benzene rings is 1. The van der Waals surface area contributed by atoms with Gasteiger partial charge in [-0.15, -0.1) is 0 Å². The molecule has 2 amide bonds. The molecular formula is C22H22N6O4. The van der Waals surface area contributed by atoms with E-state index in [2.05, 4.69) is 25.9 Å². The predicted octanol–water partition coefficient (Wildman–Crippen LogP) is 2.72. The number of nitrogens with zero attached hydrogens (tertiary/aromatic N) is 3. The van der Waals surface area contributed by atoms with Gasteiger partial charge < -0.3 is 16.0 Å². The molecule has 0 aliphatic heterocycles. The molecule has 0 aliphatic rings. The molecule has 0 saturated heterocycles. The highest BCUT2D eigenvalue weighted by molar-refractivity contribution is 5.96. The summed E-state index contributed by atoms with van der Waals surface area (Å²) in [6.45, 7) is 2.20. The number of hydrogen-bond donors (Lipinski definition) is 3. The monoisotopic (exact) mass is 434 g/mol. The Balaban J connectivity index is 1.58. The SMILES string of the molecule is CC(Nc1ccc(C(=O)NCCNC(=O)c2cccnc2)cc1[N+](=O)[O-])c1ccccn1. The van der Waals surface area contributed by atoms with E-state index >= 15 is 0 Å². The van der Waals surface area contributed by atoms with Crippen molar-refractivity contribution in [3.8, 4) is 0 Å². The maximum absolute atomic E-state index is 12.4. The van der Waals surface area contributed by atoms with Crippen LogP contribution in [0, 0.1) is 10.1 Å². The minimum absolute atomic E-state index is 0.145. The molecule has 0 aliphatic carbocycles. The zero-order valence-electron chi connectivity index (χ0n) is 17.3. The van der Waals surface area contributed by atoms with Gasteiger partial charge in [-0.25, -0.2) is 0 Å². The molecule has 0 bridgehead atoms. The Kier molecular flexibility index (Phi) is 7.42. The quantitative estimate of drug-likeness (QED) is 0.267. The Bertz CT molecular complexity index is 1090. The number of rotatable bonds is 9. The third kappa shape index (κ3) is 5.85. The lowest BCUT2D eigenvalue weighted by molar-refractivity contribution is -0.384. The Morgan fingerprint density at radius 1 is 1.00 bits per heavy atom. The van der Waals surface area contributed by atoms with Crippen LogP contribution in [0.1, 0.15) is 39.4 Å². The fraction of sp³-hybridized carbons (Fsp3) is 0.182. The first-order chi connectivity index (χ1) is 15.5. The van der Waals surface area contributed by atoms with E-state index in [0.717, 1.165) is 5.69 Å². The number of aromatic nitrogens is 2. The number of nitro groups is 1. The molecule has 3 N–H and O–H groups in total. The van der Waals surface area contributed by atoms with Gasteiger partial charge in [-0.3, -0.25) is 29.7 Å². The van der Waals surface area contributed by atoms with Crippen molar-refractivity contribution < 1.29 is 14.5 Å². The van der Waals surface area contributed by atoms with Crippen LogP contribution in [0.5, 0.6) is 0 Å². The maximum Gasteiger partial charge on any atom is 0.293 e. The predicted molar refractivity (Wildman–Crippen MR) is 118 cm³/mol. The molecular weight excluding hydrogens is 412 g/mol. The van der Waals surface area contributed by atoms with Crippen molar-refractivity contribution in [1.82, 2.24) is 20.6 Å². The van der Waals surface area contributed by atoms with Crippen LogP contribution >= 0.6 is 0 Å². The van der Waals surface area contributed by atoms with Crippen LogP contribution in [0.25, 0.3) is 0 Å². The van der Waals surface area contributed by atoms with E-state index in [0.29, 0.717) is 5.56 Å². The van der Waals surface area contributed by atoms with Crippen LogP contribution in [-0.2, 0) is 0 Å². The molecule has 0 fully saturated rings. The van der Waals surface area contributed by atoms with Crippen molar-refractivity contribution in [2.75, 3.05) is 18.4 Å². The van der Waals surface area contributed by atoms with Gasteiger partial charge in [-0.1, -0.05) is 6.07 Å². The van der Waals surface area contributed by atoms with E-state index in [1.807, 2.05) is 19.1 Å². The first-order valence-electron chi connectivity index (χ1n) is 9.88. The summed E-state index contributed by atoms with van der Waals surface area (Å²) in [5, 5.41) is 19.9. The highest BCUT2D eigenvalue weighted by atomic mass is 16.6. The number of pyridine rings is 2. The van der Waals surface area contributed by atoms with Crippen molar-refractivity contribution in [2.45, 2.75) is 13.0 Å². The lowest BCUT2D eigenvalue weighted by Crippen LogP contribution is -2.34. The van der Waals surface area contributed by atoms with Gasteiger partial charge >= 0.3 is 0 Å². The van der Waals surface area contributed by atoms with Gasteiger partial charge in [0.25, 0.3) is 17.5 Å². The average molecular weight is 434 g/mol. The van der Waals surface area contributed by atoms with E-state index in [1.165, 1.54) is 24.4 Å². The number of nitro benzene ring substituents is 1. The van der Waals surface area contributed by atoms with Crippen molar-refractivity contribution in [3.63, 3.8) is 0 Å². The smallest absolute Gasteiger partial charge is 0.293 e. The topological polar surface area (TPSA) is 139 Å². The molecule has 10 heteroatoms. The van der Waals surface area contributed by atoms with Crippen molar-refractivity contribution in [3.05, 3.63) is 94.1 Å². The summed E-state index contributed by atoms with van der Waals surface area (Å²) in [4.78, 5) is 43.5. The molecule has 32 heavy (non-hydrogen) atoms. The molecule has 0 saturated carbocycles. The van der Waals surface area contributed by atoms with Crippen LogP contribution in [0.2, 0.25) is 0 Å². The van der Waals surface area contributed by atoms with Crippen molar-refractivity contribution in [1.29, 1.82) is 0 Å². The fourth-order valence-corrected chi connectivity index (χ4v) is 2.94. The van der Waals surface area contributed by atoms with Crippen LogP contribution in [0.15, 0.2) is 67.1 Å². The number of nitrogens with one attached hydrogen (secondary N) is 3. The molecule has 2 aromatic heterocycles. The highest BCUT2D eigenvalue weighted by Gasteiger charge is 2.19. The van der Waals surface area contributed by atoms with E-state index in [-0.39, 0.29) is 42.0 Å². The summed E-state index contributed by atoms with van der Waals surface area (Å²) in [5.74, 6) is -0.784. The molecule has 1 aromatic carbocycles. The van der Waals surface area contributed by atoms with E-state index in [9.17, 15) is 19.7 Å². The van der Waals surface area contributed by atoms with Gasteiger partial charge in [0.2, 0.25) is 0 Å². The summed E-state index contributed by atoms with van der Waals surface area (Å²) >= 11 is 0. The lowest BCUT2D eigenvalue weighted by atomic mass is 10.1. The average Bonchev–Trinajstić information content (AvgIpc) is 2.82. The number of carbonyl (C=O) groups is 2. The Morgan fingerprint density at radius 3 is 2.38 bits per heavy atom. The molecule has 1 unspecified atom stereocenters. The first-order valence-corrected chi connectivity index (χ1v) is 9.88. The summed E-state index contributed by atoms with van der Waals surface area (Å²) in [6.07, 6.45) is 4.65. The van der Waals surface area contributed by atoms with Crippen LogP contribution in [0.3, 0.4) is 0 Å². The Morgan fingerprint density at radius 2 is 1.75 bits per heavy atom. The summed E-state index contributed by atoms with van der Waals surface area (Å²) in [7, 11) is 0. The van der Waals surface area contributed by atoms with Crippen molar-refractivity contribution in [2.24, 2.45) is 0 Å². The third-order valence-electron chi connectivity index (χ3n) is 4.58. The summed E-state index contributed by atoms with van der Waals surface area (Å²) in [5.41, 5.74) is 1.36. The van der Waals surface area contributed by atoms with E-state index in [1.54, 1.807) is 30.6 Å². The van der Waals surface area contributed by atoms with Gasteiger partial charge in [0.05, 0.1) is 22.2 Å². The van der Waals surface area contributed by atoms with Gasteiger partial charge in [-0.05, 0) is 43.3 Å². The minimum Gasteiger partial charge on any atom is -0.371 e. The molecule has 3 rings (SSSR count). The van der Waals surface area contributed by atoms with Crippen LogP contribution < -0.4 is 16.0 Å². The molecule has 0 radical (unpaired) electrons. The number of hydrogen-bond acceptors (Lipinski definition) is 7. The summed E-state index contributed by atoms with van der Waals surface area (Å²) in [6, 6.07) is 12.7. The number of anilines is 1. The van der Waals surface area contributed by atoms with E-state index < -0.39 is 10.8 Å². The van der Waals surface area contributed by atoms with Gasteiger partial charge in [-0.2, -0.15) is 0 Å². The molecule has 10 nitrogen and oxygen atoms in total. The largest absolute Gasteiger partial charge is 0.371 e. The van der Waals surface area contributed by atoms with Gasteiger partial charge in [0, 0.05) is 43.3 Å². The molecule has 1 atom stereocenters. The second kappa shape index (κ2) is 10.6. The molecule has 3 aromatic rings. The summed E-state index contributed by atoms with van der Waals surface area (Å²) < 4.78 is 0. The van der Waals surface area contributed by atoms with Crippen molar-refractivity contribution >= 4 is 23.2 Å². The lowest BCUT2D eigenvalue weighted by Gasteiger charge is -2.15. The Hall–Kier alpha value is -4.34. The second-order valence-corrected chi connectivity index (χ2v) is 6.86. The number of amides is 2. The minimum atomic E-state index is -0.543. The number of carbonyl (C=O) groups excluding carboxylic acids is 2. The normalized spacial score (nSPS) is 11.3. The maximum atomic E-state index is 12.4. The molecule has 164 valence electrons. The molecule has 2 heterocycles.